The summed E-state index contributed by atoms with van der Waals surface area (Å²) in [7, 11) is 5.49. The van der Waals surface area contributed by atoms with Gasteiger partial charge < -0.3 is 134 Å². The highest BCUT2D eigenvalue weighted by Gasteiger charge is 2.52. The van der Waals surface area contributed by atoms with Gasteiger partial charge in [-0.05, 0) is 94.0 Å². The van der Waals surface area contributed by atoms with Gasteiger partial charge in [0.25, 0.3) is 23.6 Å². The number of nitrogens with zero attached hydrogens (tertiary/aromatic N) is 4. The van der Waals surface area contributed by atoms with Crippen molar-refractivity contribution < 1.29 is 146 Å². The molecule has 0 aromatic heterocycles. The van der Waals surface area contributed by atoms with Crippen LogP contribution < -0.4 is 54.2 Å². The van der Waals surface area contributed by atoms with Crippen molar-refractivity contribution in [2.24, 2.45) is 0 Å². The molecule has 0 radical (unpaired) electrons. The molecule has 0 aliphatic carbocycles. The van der Waals surface area contributed by atoms with E-state index in [4.69, 9.17) is 56.8 Å². The molecule has 4 aromatic rings. The van der Waals surface area contributed by atoms with Crippen LogP contribution in [-0.4, -0.2) is 287 Å². The summed E-state index contributed by atoms with van der Waals surface area (Å²) in [6, 6.07) is 10.7. The van der Waals surface area contributed by atoms with Crippen molar-refractivity contribution in [1.82, 2.24) is 25.8 Å². The van der Waals surface area contributed by atoms with Crippen LogP contribution in [-0.2, 0) is 51.2 Å². The van der Waals surface area contributed by atoms with Crippen LogP contribution in [0.15, 0.2) is 85.0 Å². The second-order valence-electron chi connectivity index (χ2n) is 27.9. The van der Waals surface area contributed by atoms with E-state index in [1.807, 2.05) is 20.8 Å². The first-order valence-corrected chi connectivity index (χ1v) is 35.0. The number of carbonyl (C=O) groups is 8. The number of aliphatic hydroxyl groups excluding tert-OH is 8. The Bertz CT molecular complexity index is 3870. The van der Waals surface area contributed by atoms with Gasteiger partial charge in [0, 0.05) is 64.1 Å². The summed E-state index contributed by atoms with van der Waals surface area (Å²) < 4.78 is 68.4. The summed E-state index contributed by atoms with van der Waals surface area (Å²) in [5, 5.41) is 115. The fourth-order valence-corrected chi connectivity index (χ4v) is 13.5. The Kier molecular flexibility index (Phi) is 26.5. The maximum atomic E-state index is 14.7. The van der Waals surface area contributed by atoms with Crippen LogP contribution >= 0.6 is 0 Å². The van der Waals surface area contributed by atoms with Gasteiger partial charge in [0.2, 0.25) is 12.6 Å². The average Bonchev–Trinajstić information content (AvgIpc) is 1.59. The Hall–Kier alpha value is -10.0. The molecule has 10 rings (SSSR count). The summed E-state index contributed by atoms with van der Waals surface area (Å²) in [5.74, 6) is -6.42. The predicted octanol–water partition coefficient (Wildman–Crippen LogP) is 0.485. The molecule has 2 unspecified atom stereocenters. The molecule has 4 saturated heterocycles. The number of hydrogen-bond donors (Lipinski definition) is 13. The van der Waals surface area contributed by atoms with E-state index >= 15 is 0 Å². The molecular weight excluding hydrogens is 1450 g/mol. The lowest BCUT2D eigenvalue weighted by Gasteiger charge is -2.38. The molecular formula is C73H91N7O30. The van der Waals surface area contributed by atoms with Gasteiger partial charge in [0.05, 0.1) is 86.4 Å². The van der Waals surface area contributed by atoms with Gasteiger partial charge in [-0.15, -0.1) is 0 Å². The van der Waals surface area contributed by atoms with Crippen LogP contribution in [0, 0.1) is 0 Å². The molecule has 0 spiro atoms. The van der Waals surface area contributed by atoms with E-state index in [-0.39, 0.29) is 158 Å². The Morgan fingerprint density at radius 1 is 0.527 bits per heavy atom. The van der Waals surface area contributed by atoms with Crippen LogP contribution in [0.2, 0.25) is 0 Å². The molecule has 6 heterocycles. The summed E-state index contributed by atoms with van der Waals surface area (Å²) >= 11 is 0. The molecule has 14 atom stereocenters. The molecule has 110 heavy (non-hydrogen) atoms. The minimum absolute atomic E-state index is 0.00175. The molecule has 0 bridgehead atoms. The molecule has 37 heteroatoms. The third-order valence-electron chi connectivity index (χ3n) is 18.9. The van der Waals surface area contributed by atoms with Crippen LogP contribution in [0.5, 0.6) is 34.5 Å². The van der Waals surface area contributed by atoms with Gasteiger partial charge in [0.15, 0.2) is 47.7 Å². The van der Waals surface area contributed by atoms with Gasteiger partial charge in [-0.3, -0.25) is 19.2 Å². The summed E-state index contributed by atoms with van der Waals surface area (Å²) in [4.78, 5) is 114. The predicted molar refractivity (Wildman–Crippen MR) is 379 cm³/mol. The average molecular weight is 1550 g/mol. The fourth-order valence-electron chi connectivity index (χ4n) is 13.5. The number of carboxylic acid groups (broad SMARTS) is 2. The highest BCUT2D eigenvalue weighted by atomic mass is 16.7. The van der Waals surface area contributed by atoms with E-state index in [0.29, 0.717) is 11.1 Å². The fraction of sp³-hybridized carbons (Fsp3) is 0.507. The molecule has 37 nitrogen and oxygen atoms in total. The lowest BCUT2D eigenvalue weighted by Crippen LogP contribution is -2.61. The third-order valence-corrected chi connectivity index (χ3v) is 18.9. The third kappa shape index (κ3) is 18.2. The number of carbonyl (C=O) groups excluding carboxylic acids is 6. The number of rotatable bonds is 29. The molecule has 4 aromatic carbocycles. The highest BCUT2D eigenvalue weighted by molar-refractivity contribution is 6.07. The van der Waals surface area contributed by atoms with Gasteiger partial charge in [-0.2, -0.15) is 0 Å². The van der Waals surface area contributed by atoms with Crippen molar-refractivity contribution in [2.45, 2.75) is 157 Å². The summed E-state index contributed by atoms with van der Waals surface area (Å²) in [5.41, 5.74) is 0.0765. The van der Waals surface area contributed by atoms with E-state index in [9.17, 15) is 89.4 Å². The van der Waals surface area contributed by atoms with E-state index < -0.39 is 158 Å². The lowest BCUT2D eigenvalue weighted by atomic mass is 9.99. The number of nitrogens with one attached hydrogen (secondary N) is 3. The number of methoxy groups -OCH3 is 4. The zero-order valence-corrected chi connectivity index (χ0v) is 61.2. The zero-order chi connectivity index (χ0) is 79.9. The molecule has 0 saturated carbocycles. The van der Waals surface area contributed by atoms with Crippen LogP contribution in [0.25, 0.3) is 0 Å². The number of aliphatic carboxylic acids is 2. The van der Waals surface area contributed by atoms with E-state index in [1.165, 1.54) is 98.9 Å². The molecule has 6 aliphatic rings. The molecule has 13 N–H and O–H groups in total. The van der Waals surface area contributed by atoms with Crippen LogP contribution in [0.3, 0.4) is 0 Å². The van der Waals surface area contributed by atoms with Crippen molar-refractivity contribution in [3.05, 3.63) is 118 Å². The number of fused-ring (bicyclic) bond motifs is 4. The minimum atomic E-state index is -2.04. The van der Waals surface area contributed by atoms with E-state index in [1.54, 1.807) is 0 Å². The largest absolute Gasteiger partial charge is 0.493 e. The number of benzene rings is 4. The molecule has 6 amide bonds. The van der Waals surface area contributed by atoms with Crippen LogP contribution in [0.1, 0.15) is 99.0 Å². The van der Waals surface area contributed by atoms with Crippen molar-refractivity contribution in [3.8, 4) is 34.5 Å². The SMILES string of the molecule is C=C1C[C@H]2C(O)N(C(=O)OCc3ccc(O[C@@H]4O[C@H](C(=O)O)[C@@H](O)[C@H](O)[C@H]4O)c(C(=O)NCCOC)c3)c3cc(OCCC(CCOc4cc5c(cc4OC)C(=O)N4CC(=C)C[C@H]4C(O)N5C(=O)OCc4ccc(O[C@@H]5O[C@H](C(=O)O)[C@@H](O)[C@H](O)[C@H]5O)c(C(=O)NCCOC)c4)NC(C)(C)C)c(OC)cc3C(=O)N2C1. The van der Waals surface area contributed by atoms with Crippen LogP contribution in [0.4, 0.5) is 21.0 Å². The summed E-state index contributed by atoms with van der Waals surface area (Å²) in [6.07, 6.45) is -25.1. The first kappa shape index (κ1) is 82.5. The lowest BCUT2D eigenvalue weighted by molar-refractivity contribution is -0.271. The van der Waals surface area contributed by atoms with E-state index in [2.05, 4.69) is 29.1 Å². The zero-order valence-electron chi connectivity index (χ0n) is 61.2. The number of anilines is 2. The van der Waals surface area contributed by atoms with Gasteiger partial charge in [-0.25, -0.2) is 29.0 Å². The topological polar surface area (TPSA) is 499 Å². The van der Waals surface area contributed by atoms with Gasteiger partial charge in [-0.1, -0.05) is 36.4 Å². The number of amides is 6. The van der Waals surface area contributed by atoms with Crippen molar-refractivity contribution >= 4 is 59.1 Å². The first-order valence-electron chi connectivity index (χ1n) is 35.0. The minimum Gasteiger partial charge on any atom is -0.493 e. The number of ether oxygens (including phenoxy) is 12. The Labute approximate surface area is 629 Å². The molecule has 4 fully saturated rings. The molecule has 598 valence electrons. The van der Waals surface area contributed by atoms with Crippen molar-refractivity contribution in [3.63, 3.8) is 0 Å². The monoisotopic (exact) mass is 1550 g/mol. The standard InChI is InChI=1S/C73H91N7O30/c1-34-22-45-65(91)79(71(97)105-32-36-10-12-47(41(24-36)61(87)74-16-20-99-6)107-69-57(85)53(81)55(83)59(109-69)67(93)94)43-28-51(49(101-8)26-39(43)63(89)77(45)30-34)103-18-14-38(76-73(3,4)5)15-19-104-52-29-44-40(27-50(52)102-9)64(90)78-31-35(2)23-46(78)66(92)80(44)72(98)106-33-37-11-13-48(42(25-37)62(88)75-17-21-100-7)108-70-58(86)54(82)56(84)60(110-70)68(95)96/h10-13,24-29,38,45-46,53-60,65-66,69-70,76,81-86,91-92H,1-2,14-23,30-33H2,3-9H3,(H,74,87)(H,75,88)(H,93,94)(H,95,96)/t38?,45-,46-,53-,54-,55-,56-,57+,58+,59-,60-,65?,66?,69+,70+/m0/s1. The summed E-state index contributed by atoms with van der Waals surface area (Å²) in [6.45, 7) is 12.9. The van der Waals surface area contributed by atoms with Crippen molar-refractivity contribution in [2.75, 3.05) is 90.8 Å². The normalized spacial score (nSPS) is 25.4. The smallest absolute Gasteiger partial charge is 0.416 e. The Balaban J connectivity index is 0.867. The maximum Gasteiger partial charge on any atom is 0.416 e. The number of carboxylic acids is 2. The van der Waals surface area contributed by atoms with Gasteiger partial charge in [0.1, 0.15) is 61.3 Å². The number of aliphatic hydroxyl groups is 8. The number of hydrogen-bond acceptors (Lipinski definition) is 29. The molecule has 6 aliphatic heterocycles. The highest BCUT2D eigenvalue weighted by Crippen LogP contribution is 2.45. The first-order chi connectivity index (χ1) is 52.3. The van der Waals surface area contributed by atoms with Crippen molar-refractivity contribution in [1.29, 1.82) is 0 Å². The quantitative estimate of drug-likeness (QED) is 0.0260. The van der Waals surface area contributed by atoms with E-state index in [0.717, 1.165) is 9.80 Å². The second-order valence-corrected chi connectivity index (χ2v) is 27.9. The Morgan fingerprint density at radius 3 is 1.27 bits per heavy atom. The van der Waals surface area contributed by atoms with Gasteiger partial charge >= 0.3 is 24.1 Å². The second kappa shape index (κ2) is 35.4. The Morgan fingerprint density at radius 2 is 0.918 bits per heavy atom. The maximum absolute atomic E-state index is 14.7.